The van der Waals surface area contributed by atoms with Gasteiger partial charge in [-0.05, 0) is 37.7 Å². The van der Waals surface area contributed by atoms with Gasteiger partial charge in [-0.2, -0.15) is 8.78 Å². The Kier molecular flexibility index (Phi) is 3.82. The first kappa shape index (κ1) is 14.3. The summed E-state index contributed by atoms with van der Waals surface area (Å²) in [5.41, 5.74) is -1.85. The number of halogens is 2. The van der Waals surface area contributed by atoms with E-state index in [9.17, 15) is 18.7 Å². The largest absolute Gasteiger partial charge is 0.383 e. The SMILES string of the molecule is CSc1ccccc1NC(=O)C(F)(F)C1(O)CCC1. The van der Waals surface area contributed by atoms with Crippen LogP contribution in [0.3, 0.4) is 0 Å². The molecular weight excluding hydrogens is 272 g/mol. The summed E-state index contributed by atoms with van der Waals surface area (Å²) in [6.45, 7) is 0. The number of para-hydroxylation sites is 1. The molecule has 1 saturated carbocycles. The van der Waals surface area contributed by atoms with E-state index in [-0.39, 0.29) is 12.8 Å². The lowest BCUT2D eigenvalue weighted by molar-refractivity contribution is -0.212. The fourth-order valence-electron chi connectivity index (χ4n) is 1.99. The first-order chi connectivity index (χ1) is 8.90. The predicted molar refractivity (Wildman–Crippen MR) is 70.6 cm³/mol. The van der Waals surface area contributed by atoms with E-state index in [4.69, 9.17) is 0 Å². The molecule has 1 aliphatic carbocycles. The average molecular weight is 287 g/mol. The number of hydrogen-bond acceptors (Lipinski definition) is 3. The van der Waals surface area contributed by atoms with Crippen molar-refractivity contribution in [1.29, 1.82) is 0 Å². The number of carbonyl (C=O) groups excluding carboxylic acids is 1. The Morgan fingerprint density at radius 3 is 2.58 bits per heavy atom. The van der Waals surface area contributed by atoms with Crippen molar-refractivity contribution in [3.8, 4) is 0 Å². The Morgan fingerprint density at radius 2 is 2.05 bits per heavy atom. The molecular formula is C13H15F2NO2S. The molecule has 0 aromatic heterocycles. The second kappa shape index (κ2) is 5.09. The van der Waals surface area contributed by atoms with Crippen molar-refractivity contribution in [2.24, 2.45) is 0 Å². The molecule has 1 aromatic carbocycles. The van der Waals surface area contributed by atoms with E-state index in [1.807, 2.05) is 0 Å². The number of amides is 1. The third-order valence-electron chi connectivity index (χ3n) is 3.41. The third-order valence-corrected chi connectivity index (χ3v) is 4.20. The number of carbonyl (C=O) groups is 1. The maximum absolute atomic E-state index is 13.9. The fraction of sp³-hybridized carbons (Fsp3) is 0.462. The van der Waals surface area contributed by atoms with Crippen LogP contribution >= 0.6 is 11.8 Å². The van der Waals surface area contributed by atoms with Crippen LogP contribution in [0.4, 0.5) is 14.5 Å². The van der Waals surface area contributed by atoms with E-state index < -0.39 is 17.4 Å². The minimum atomic E-state index is -3.77. The average Bonchev–Trinajstić information content (AvgIpc) is 2.36. The second-order valence-electron chi connectivity index (χ2n) is 4.61. The number of rotatable bonds is 4. The number of alkyl halides is 2. The summed E-state index contributed by atoms with van der Waals surface area (Å²) in [4.78, 5) is 12.4. The van der Waals surface area contributed by atoms with Gasteiger partial charge in [-0.3, -0.25) is 4.79 Å². The molecule has 3 nitrogen and oxygen atoms in total. The van der Waals surface area contributed by atoms with Crippen LogP contribution in [0.1, 0.15) is 19.3 Å². The molecule has 1 amide bonds. The van der Waals surface area contributed by atoms with Crippen molar-refractivity contribution in [3.05, 3.63) is 24.3 Å². The molecule has 0 unspecified atom stereocenters. The normalized spacial score (nSPS) is 17.7. The first-order valence-corrected chi connectivity index (χ1v) is 7.18. The summed E-state index contributed by atoms with van der Waals surface area (Å²) in [5.74, 6) is -5.22. The molecule has 0 atom stereocenters. The van der Waals surface area contributed by atoms with Crippen molar-refractivity contribution >= 4 is 23.4 Å². The van der Waals surface area contributed by atoms with Crippen molar-refractivity contribution < 1.29 is 18.7 Å². The van der Waals surface area contributed by atoms with E-state index >= 15 is 0 Å². The zero-order valence-corrected chi connectivity index (χ0v) is 11.3. The molecule has 1 aliphatic rings. The number of aliphatic hydroxyl groups is 1. The third kappa shape index (κ3) is 2.47. The van der Waals surface area contributed by atoms with E-state index in [1.165, 1.54) is 11.8 Å². The van der Waals surface area contributed by atoms with Gasteiger partial charge >= 0.3 is 5.92 Å². The molecule has 0 heterocycles. The fourth-order valence-corrected chi connectivity index (χ4v) is 2.54. The van der Waals surface area contributed by atoms with Gasteiger partial charge in [0, 0.05) is 4.90 Å². The van der Waals surface area contributed by atoms with Gasteiger partial charge in [-0.15, -0.1) is 11.8 Å². The Bertz CT molecular complexity index is 489. The summed E-state index contributed by atoms with van der Waals surface area (Å²) in [6, 6.07) is 6.71. The van der Waals surface area contributed by atoms with Crippen LogP contribution in [-0.4, -0.2) is 28.8 Å². The lowest BCUT2D eigenvalue weighted by atomic mass is 9.75. The highest BCUT2D eigenvalue weighted by Gasteiger charge is 2.61. The maximum atomic E-state index is 13.9. The summed E-state index contributed by atoms with van der Waals surface area (Å²) >= 11 is 1.35. The molecule has 1 fully saturated rings. The number of nitrogens with one attached hydrogen (secondary N) is 1. The quantitative estimate of drug-likeness (QED) is 0.837. The Morgan fingerprint density at radius 1 is 1.42 bits per heavy atom. The molecule has 0 radical (unpaired) electrons. The van der Waals surface area contributed by atoms with E-state index in [0.29, 0.717) is 17.0 Å². The van der Waals surface area contributed by atoms with Gasteiger partial charge in [0.1, 0.15) is 5.60 Å². The van der Waals surface area contributed by atoms with E-state index in [2.05, 4.69) is 5.32 Å². The van der Waals surface area contributed by atoms with Gasteiger partial charge < -0.3 is 10.4 Å². The summed E-state index contributed by atoms with van der Waals surface area (Å²) in [7, 11) is 0. The zero-order chi connectivity index (χ0) is 14.1. The van der Waals surface area contributed by atoms with Gasteiger partial charge in [0.15, 0.2) is 0 Å². The first-order valence-electron chi connectivity index (χ1n) is 5.95. The van der Waals surface area contributed by atoms with Gasteiger partial charge in [0.05, 0.1) is 5.69 Å². The Hall–Kier alpha value is -1.14. The highest BCUT2D eigenvalue weighted by molar-refractivity contribution is 7.98. The lowest BCUT2D eigenvalue weighted by Gasteiger charge is -2.41. The predicted octanol–water partition coefficient (Wildman–Crippen LogP) is 2.90. The number of hydrogen-bond donors (Lipinski definition) is 2. The highest BCUT2D eigenvalue weighted by atomic mass is 32.2. The molecule has 0 aliphatic heterocycles. The van der Waals surface area contributed by atoms with Crippen molar-refractivity contribution in [2.75, 3.05) is 11.6 Å². The maximum Gasteiger partial charge on any atom is 0.352 e. The van der Waals surface area contributed by atoms with Crippen LogP contribution < -0.4 is 5.32 Å². The van der Waals surface area contributed by atoms with Crippen LogP contribution in [0.25, 0.3) is 0 Å². The van der Waals surface area contributed by atoms with Crippen LogP contribution in [0, 0.1) is 0 Å². The van der Waals surface area contributed by atoms with Crippen LogP contribution in [-0.2, 0) is 4.79 Å². The van der Waals surface area contributed by atoms with Gasteiger partial charge in [0.2, 0.25) is 0 Å². The zero-order valence-electron chi connectivity index (χ0n) is 10.5. The summed E-state index contributed by atoms with van der Waals surface area (Å²) in [5, 5.41) is 11.9. The summed E-state index contributed by atoms with van der Waals surface area (Å²) in [6.07, 6.45) is 2.22. The Balaban J connectivity index is 2.17. The van der Waals surface area contributed by atoms with Crippen molar-refractivity contribution in [2.45, 2.75) is 35.7 Å². The topological polar surface area (TPSA) is 49.3 Å². The van der Waals surface area contributed by atoms with Crippen LogP contribution in [0.5, 0.6) is 0 Å². The number of benzene rings is 1. The van der Waals surface area contributed by atoms with E-state index in [1.54, 1.807) is 30.5 Å². The molecule has 2 rings (SSSR count). The molecule has 19 heavy (non-hydrogen) atoms. The molecule has 0 bridgehead atoms. The number of thioether (sulfide) groups is 1. The van der Waals surface area contributed by atoms with Crippen LogP contribution in [0.2, 0.25) is 0 Å². The van der Waals surface area contributed by atoms with Crippen molar-refractivity contribution in [1.82, 2.24) is 0 Å². The standard InChI is InChI=1S/C13H15F2NO2S/c1-19-10-6-3-2-5-9(10)16-11(17)13(14,15)12(18)7-4-8-12/h2-3,5-6,18H,4,7-8H2,1H3,(H,16,17). The van der Waals surface area contributed by atoms with E-state index in [0.717, 1.165) is 0 Å². The van der Waals surface area contributed by atoms with Gasteiger partial charge in [-0.1, -0.05) is 12.1 Å². The molecule has 104 valence electrons. The van der Waals surface area contributed by atoms with Gasteiger partial charge in [-0.25, -0.2) is 0 Å². The minimum Gasteiger partial charge on any atom is -0.383 e. The lowest BCUT2D eigenvalue weighted by Crippen LogP contribution is -2.59. The number of anilines is 1. The molecule has 1 aromatic rings. The monoisotopic (exact) mass is 287 g/mol. The molecule has 6 heteroatoms. The smallest absolute Gasteiger partial charge is 0.352 e. The Labute approximate surface area is 114 Å². The van der Waals surface area contributed by atoms with Gasteiger partial charge in [0.25, 0.3) is 5.91 Å². The van der Waals surface area contributed by atoms with Crippen LogP contribution in [0.15, 0.2) is 29.2 Å². The second-order valence-corrected chi connectivity index (χ2v) is 5.46. The molecule has 0 saturated heterocycles. The molecule has 2 N–H and O–H groups in total. The highest BCUT2D eigenvalue weighted by Crippen LogP contribution is 2.44. The minimum absolute atomic E-state index is 0.0441. The summed E-state index contributed by atoms with van der Waals surface area (Å²) < 4.78 is 27.8. The van der Waals surface area contributed by atoms with Crippen molar-refractivity contribution in [3.63, 3.8) is 0 Å². The molecule has 0 spiro atoms.